The van der Waals surface area contributed by atoms with Gasteiger partial charge in [-0.3, -0.25) is 4.79 Å². The van der Waals surface area contributed by atoms with Crippen LogP contribution >= 0.6 is 0 Å². The van der Waals surface area contributed by atoms with Gasteiger partial charge in [0, 0.05) is 42.3 Å². The number of fused-ring (bicyclic) bond motifs is 1. The first-order valence-electron chi connectivity index (χ1n) is 9.90. The van der Waals surface area contributed by atoms with E-state index in [9.17, 15) is 19.1 Å². The van der Waals surface area contributed by atoms with Gasteiger partial charge in [0.05, 0.1) is 11.6 Å². The summed E-state index contributed by atoms with van der Waals surface area (Å²) in [5.74, 6) is -0.809. The first kappa shape index (κ1) is 17.7. The number of pyridine rings is 1. The van der Waals surface area contributed by atoms with Crippen LogP contribution in [-0.2, 0) is 0 Å². The SMILES string of the molecule is Cc1c(N2CCC(C3(N)CC3)C2)ccc2c(=O)c(C(=O)O)cn(C3CC3F)c12. The van der Waals surface area contributed by atoms with E-state index >= 15 is 0 Å². The van der Waals surface area contributed by atoms with Crippen LogP contribution in [0.15, 0.2) is 23.1 Å². The van der Waals surface area contributed by atoms with E-state index in [2.05, 4.69) is 4.90 Å². The van der Waals surface area contributed by atoms with Crippen LogP contribution in [0.2, 0.25) is 0 Å². The number of carboxylic acid groups (broad SMARTS) is 1. The van der Waals surface area contributed by atoms with Crippen molar-refractivity contribution >= 4 is 22.6 Å². The molecule has 3 aliphatic rings. The van der Waals surface area contributed by atoms with E-state index < -0.39 is 23.6 Å². The topological polar surface area (TPSA) is 88.6 Å². The molecule has 148 valence electrons. The Morgan fingerprint density at radius 2 is 2.07 bits per heavy atom. The van der Waals surface area contributed by atoms with Crippen molar-refractivity contribution in [2.75, 3.05) is 18.0 Å². The predicted octanol–water partition coefficient (Wildman–Crippen LogP) is 2.61. The third kappa shape index (κ3) is 2.56. The summed E-state index contributed by atoms with van der Waals surface area (Å²) in [5, 5.41) is 9.74. The van der Waals surface area contributed by atoms with Gasteiger partial charge in [0.25, 0.3) is 0 Å². The molecule has 3 unspecified atom stereocenters. The largest absolute Gasteiger partial charge is 0.477 e. The van der Waals surface area contributed by atoms with Gasteiger partial charge in [-0.05, 0) is 49.8 Å². The number of aromatic carboxylic acids is 1. The Labute approximate surface area is 161 Å². The number of hydrogen-bond acceptors (Lipinski definition) is 4. The van der Waals surface area contributed by atoms with E-state index in [1.807, 2.05) is 13.0 Å². The van der Waals surface area contributed by atoms with Crippen molar-refractivity contribution in [2.24, 2.45) is 11.7 Å². The molecular formula is C21H24FN3O3. The van der Waals surface area contributed by atoms with Gasteiger partial charge in [-0.25, -0.2) is 9.18 Å². The second kappa shape index (κ2) is 5.80. The molecule has 6 nitrogen and oxygen atoms in total. The quantitative estimate of drug-likeness (QED) is 0.845. The van der Waals surface area contributed by atoms with E-state index in [0.717, 1.165) is 43.6 Å². The summed E-state index contributed by atoms with van der Waals surface area (Å²) in [6.45, 7) is 3.73. The van der Waals surface area contributed by atoms with Crippen LogP contribution in [0, 0.1) is 12.8 Å². The molecule has 2 aromatic rings. The number of aromatic nitrogens is 1. The minimum absolute atomic E-state index is 0.0204. The Morgan fingerprint density at radius 1 is 1.36 bits per heavy atom. The van der Waals surface area contributed by atoms with Crippen molar-refractivity contribution < 1.29 is 14.3 Å². The highest BCUT2D eigenvalue weighted by Crippen LogP contribution is 2.46. The number of hydrogen-bond donors (Lipinski definition) is 2. The van der Waals surface area contributed by atoms with Gasteiger partial charge in [0.15, 0.2) is 0 Å². The first-order chi connectivity index (χ1) is 13.3. The molecule has 0 bridgehead atoms. The zero-order valence-electron chi connectivity index (χ0n) is 15.8. The number of carbonyl (C=O) groups is 1. The van der Waals surface area contributed by atoms with Gasteiger partial charge >= 0.3 is 5.97 Å². The molecule has 3 atom stereocenters. The van der Waals surface area contributed by atoms with Crippen LogP contribution < -0.4 is 16.1 Å². The summed E-state index contributed by atoms with van der Waals surface area (Å²) < 4.78 is 15.5. The van der Waals surface area contributed by atoms with Crippen LogP contribution in [0.25, 0.3) is 10.9 Å². The predicted molar refractivity (Wildman–Crippen MR) is 105 cm³/mol. The van der Waals surface area contributed by atoms with E-state index in [4.69, 9.17) is 5.73 Å². The third-order valence-corrected chi connectivity index (χ3v) is 6.86. The first-order valence-corrected chi connectivity index (χ1v) is 9.90. The van der Waals surface area contributed by atoms with Gasteiger partial charge in [0.1, 0.15) is 11.7 Å². The van der Waals surface area contributed by atoms with Gasteiger partial charge < -0.3 is 20.3 Å². The molecule has 5 rings (SSSR count). The molecule has 0 radical (unpaired) electrons. The minimum Gasteiger partial charge on any atom is -0.477 e. The second-order valence-corrected chi connectivity index (χ2v) is 8.67. The average molecular weight is 385 g/mol. The average Bonchev–Trinajstić information content (AvgIpc) is 3.52. The second-order valence-electron chi connectivity index (χ2n) is 8.67. The lowest BCUT2D eigenvalue weighted by molar-refractivity contribution is 0.0694. The van der Waals surface area contributed by atoms with Crippen molar-refractivity contribution in [1.82, 2.24) is 4.57 Å². The number of anilines is 1. The van der Waals surface area contributed by atoms with E-state index in [0.29, 0.717) is 23.2 Å². The number of carboxylic acids is 1. The van der Waals surface area contributed by atoms with Crippen molar-refractivity contribution in [1.29, 1.82) is 0 Å². The maximum atomic E-state index is 13.9. The molecule has 1 aromatic carbocycles. The van der Waals surface area contributed by atoms with Crippen molar-refractivity contribution in [2.45, 2.75) is 50.4 Å². The fraction of sp³-hybridized carbons (Fsp3) is 0.524. The number of aryl methyl sites for hydroxylation is 1. The lowest BCUT2D eigenvalue weighted by Crippen LogP contribution is -2.34. The third-order valence-electron chi connectivity index (χ3n) is 6.86. The van der Waals surface area contributed by atoms with Crippen LogP contribution in [0.5, 0.6) is 0 Å². The monoisotopic (exact) mass is 385 g/mol. The summed E-state index contributed by atoms with van der Waals surface area (Å²) >= 11 is 0. The Hall–Kier alpha value is -2.41. The van der Waals surface area contributed by atoms with Gasteiger partial charge in [-0.1, -0.05) is 0 Å². The zero-order valence-corrected chi connectivity index (χ0v) is 15.8. The Bertz CT molecular complexity index is 1060. The number of halogens is 1. The molecule has 1 saturated heterocycles. The molecule has 3 N–H and O–H groups in total. The summed E-state index contributed by atoms with van der Waals surface area (Å²) in [6, 6.07) is 3.19. The standard InChI is InChI=1S/C21H24FN3O3/c1-11-16(24-7-4-12(9-24)21(23)5-6-21)3-2-13-18(11)25(17-8-15(17)22)10-14(19(13)26)20(27)28/h2-3,10,12,15,17H,4-9,23H2,1H3,(H,27,28). The highest BCUT2D eigenvalue weighted by atomic mass is 19.1. The molecule has 28 heavy (non-hydrogen) atoms. The summed E-state index contributed by atoms with van der Waals surface area (Å²) in [6.07, 6.45) is 3.88. The molecule has 2 saturated carbocycles. The van der Waals surface area contributed by atoms with Crippen molar-refractivity contribution in [3.8, 4) is 0 Å². The molecule has 2 aliphatic carbocycles. The van der Waals surface area contributed by atoms with Crippen LogP contribution in [-0.4, -0.2) is 40.4 Å². The van der Waals surface area contributed by atoms with Crippen molar-refractivity contribution in [3.63, 3.8) is 0 Å². The highest BCUT2D eigenvalue weighted by Gasteiger charge is 2.48. The van der Waals surface area contributed by atoms with Gasteiger partial charge in [0.2, 0.25) is 5.43 Å². The summed E-state index contributed by atoms with van der Waals surface area (Å²) in [7, 11) is 0. The normalized spacial score (nSPS) is 28.0. The highest BCUT2D eigenvalue weighted by molar-refractivity contribution is 5.95. The van der Waals surface area contributed by atoms with Crippen molar-refractivity contribution in [3.05, 3.63) is 39.7 Å². The van der Waals surface area contributed by atoms with Crippen LogP contribution in [0.4, 0.5) is 10.1 Å². The fourth-order valence-electron chi connectivity index (χ4n) is 4.81. The van der Waals surface area contributed by atoms with E-state index in [-0.39, 0.29) is 11.1 Å². The number of rotatable bonds is 4. The van der Waals surface area contributed by atoms with E-state index in [1.54, 1.807) is 10.6 Å². The van der Waals surface area contributed by atoms with Crippen LogP contribution in [0.3, 0.4) is 0 Å². The Balaban J connectivity index is 1.63. The molecule has 0 amide bonds. The molecule has 2 heterocycles. The molecule has 1 aliphatic heterocycles. The van der Waals surface area contributed by atoms with Gasteiger partial charge in [-0.2, -0.15) is 0 Å². The Kier molecular flexibility index (Phi) is 3.66. The van der Waals surface area contributed by atoms with Gasteiger partial charge in [-0.15, -0.1) is 0 Å². The van der Waals surface area contributed by atoms with E-state index in [1.165, 1.54) is 6.20 Å². The van der Waals surface area contributed by atoms with Crippen LogP contribution in [0.1, 0.15) is 47.6 Å². The maximum absolute atomic E-state index is 13.9. The summed E-state index contributed by atoms with van der Waals surface area (Å²) in [4.78, 5) is 26.5. The maximum Gasteiger partial charge on any atom is 0.341 e. The molecule has 7 heteroatoms. The Morgan fingerprint density at radius 3 is 2.68 bits per heavy atom. The molecular weight excluding hydrogens is 361 g/mol. The molecule has 1 aromatic heterocycles. The minimum atomic E-state index is -1.28. The molecule has 0 spiro atoms. The lowest BCUT2D eigenvalue weighted by atomic mass is 9.97. The number of alkyl halides is 1. The number of benzene rings is 1. The lowest BCUT2D eigenvalue weighted by Gasteiger charge is -2.25. The number of nitrogens with zero attached hydrogens (tertiary/aromatic N) is 2. The number of nitrogens with two attached hydrogens (primary N) is 1. The fourth-order valence-corrected chi connectivity index (χ4v) is 4.81. The zero-order chi connectivity index (χ0) is 19.8. The smallest absolute Gasteiger partial charge is 0.341 e. The molecule has 3 fully saturated rings. The summed E-state index contributed by atoms with van der Waals surface area (Å²) in [5.41, 5.74) is 8.13.